The van der Waals surface area contributed by atoms with Crippen LogP contribution < -0.4 is 10.6 Å². The van der Waals surface area contributed by atoms with E-state index in [0.29, 0.717) is 5.56 Å². The molecule has 0 atom stereocenters. The van der Waals surface area contributed by atoms with Gasteiger partial charge in [0.05, 0.1) is 11.3 Å². The van der Waals surface area contributed by atoms with Gasteiger partial charge in [0.2, 0.25) is 0 Å². The largest absolute Gasteiger partial charge is 0.405 e. The molecule has 1 aromatic heterocycles. The molecule has 0 spiro atoms. The molecule has 2 N–H and O–H groups in total. The molecule has 0 bridgehead atoms. The summed E-state index contributed by atoms with van der Waals surface area (Å²) in [5.74, 6) is -1.42. The molecule has 0 saturated carbocycles. The third-order valence-electron chi connectivity index (χ3n) is 2.81. The number of aromatic nitrogens is 1. The van der Waals surface area contributed by atoms with Crippen LogP contribution in [0.3, 0.4) is 0 Å². The van der Waals surface area contributed by atoms with Crippen molar-refractivity contribution in [3.8, 4) is 0 Å². The second-order valence-corrected chi connectivity index (χ2v) is 4.53. The van der Waals surface area contributed by atoms with Crippen molar-refractivity contribution in [2.45, 2.75) is 6.18 Å². The fraction of sp³-hybridized carbons (Fsp3) is 0.133. The lowest BCUT2D eigenvalue weighted by molar-refractivity contribution is -0.123. The van der Waals surface area contributed by atoms with Crippen LogP contribution in [0.2, 0.25) is 0 Å². The van der Waals surface area contributed by atoms with Crippen molar-refractivity contribution in [3.05, 3.63) is 59.9 Å². The van der Waals surface area contributed by atoms with Gasteiger partial charge < -0.3 is 10.6 Å². The zero-order valence-electron chi connectivity index (χ0n) is 11.7. The van der Waals surface area contributed by atoms with E-state index in [9.17, 15) is 22.8 Å². The predicted octanol–water partition coefficient (Wildman–Crippen LogP) is 2.63. The highest BCUT2D eigenvalue weighted by Crippen LogP contribution is 2.17. The molecule has 2 aromatic rings. The van der Waals surface area contributed by atoms with Crippen LogP contribution in [0.15, 0.2) is 48.8 Å². The highest BCUT2D eigenvalue weighted by Gasteiger charge is 2.28. The van der Waals surface area contributed by atoms with Gasteiger partial charge in [0.15, 0.2) is 0 Å². The van der Waals surface area contributed by atoms with Gasteiger partial charge in [-0.2, -0.15) is 13.2 Å². The third-order valence-corrected chi connectivity index (χ3v) is 2.81. The second kappa shape index (κ2) is 6.91. The number of nitrogens with zero attached hydrogens (tertiary/aromatic N) is 1. The lowest BCUT2D eigenvalue weighted by atomic mass is 10.1. The molecule has 0 fully saturated rings. The van der Waals surface area contributed by atoms with E-state index in [1.54, 1.807) is 11.4 Å². The molecular formula is C15H12F3N3O2. The van der Waals surface area contributed by atoms with Crippen LogP contribution in [0.5, 0.6) is 0 Å². The number of nitrogens with one attached hydrogen (secondary N) is 2. The predicted molar refractivity (Wildman–Crippen MR) is 77.0 cm³/mol. The first-order valence-electron chi connectivity index (χ1n) is 6.52. The molecule has 0 saturated heterocycles. The number of rotatable bonds is 4. The summed E-state index contributed by atoms with van der Waals surface area (Å²) in [5.41, 5.74) is 0.374. The fourth-order valence-electron chi connectivity index (χ4n) is 1.76. The quantitative estimate of drug-likeness (QED) is 0.908. The van der Waals surface area contributed by atoms with Crippen LogP contribution in [0.25, 0.3) is 0 Å². The number of carbonyl (C=O) groups is 2. The summed E-state index contributed by atoms with van der Waals surface area (Å²) in [6.45, 7) is -1.45. The Kier molecular flexibility index (Phi) is 4.95. The summed E-state index contributed by atoms with van der Waals surface area (Å²) in [5, 5.41) is 4.26. The molecule has 2 amide bonds. The number of para-hydroxylation sites is 1. The normalized spacial score (nSPS) is 10.9. The van der Waals surface area contributed by atoms with Gasteiger partial charge in [-0.3, -0.25) is 14.6 Å². The summed E-state index contributed by atoms with van der Waals surface area (Å²) < 4.78 is 36.5. The number of amides is 2. The van der Waals surface area contributed by atoms with E-state index in [-0.39, 0.29) is 11.3 Å². The van der Waals surface area contributed by atoms with Gasteiger partial charge in [-0.05, 0) is 24.3 Å². The summed E-state index contributed by atoms with van der Waals surface area (Å²) in [4.78, 5) is 27.7. The monoisotopic (exact) mass is 323 g/mol. The summed E-state index contributed by atoms with van der Waals surface area (Å²) >= 11 is 0. The van der Waals surface area contributed by atoms with Crippen molar-refractivity contribution in [2.24, 2.45) is 0 Å². The second-order valence-electron chi connectivity index (χ2n) is 4.53. The van der Waals surface area contributed by atoms with Gasteiger partial charge in [0.1, 0.15) is 6.54 Å². The van der Waals surface area contributed by atoms with Crippen LogP contribution in [0.4, 0.5) is 18.9 Å². The lowest BCUT2D eigenvalue weighted by Crippen LogP contribution is -2.34. The molecule has 8 heteroatoms. The Morgan fingerprint density at radius 1 is 1.00 bits per heavy atom. The smallest absolute Gasteiger partial charge is 0.343 e. The highest BCUT2D eigenvalue weighted by molar-refractivity contribution is 6.08. The topological polar surface area (TPSA) is 71.1 Å². The Labute approximate surface area is 129 Å². The minimum absolute atomic E-state index is 0.0563. The molecule has 2 rings (SSSR count). The molecule has 23 heavy (non-hydrogen) atoms. The minimum atomic E-state index is -4.51. The molecule has 0 aliphatic carbocycles. The first-order chi connectivity index (χ1) is 10.9. The average molecular weight is 323 g/mol. The number of halogens is 3. The molecule has 5 nitrogen and oxygen atoms in total. The van der Waals surface area contributed by atoms with Crippen molar-refractivity contribution in [1.82, 2.24) is 10.3 Å². The first kappa shape index (κ1) is 16.5. The molecule has 0 aliphatic heterocycles. The van der Waals surface area contributed by atoms with Gasteiger partial charge >= 0.3 is 6.18 Å². The SMILES string of the molecule is O=C(Nc1ccccc1C(=O)NCC(F)(F)F)c1ccncc1. The van der Waals surface area contributed by atoms with Crippen molar-refractivity contribution in [3.63, 3.8) is 0 Å². The fourth-order valence-corrected chi connectivity index (χ4v) is 1.76. The summed E-state index contributed by atoms with van der Waals surface area (Å²) in [6, 6.07) is 8.76. The number of hydrogen-bond acceptors (Lipinski definition) is 3. The lowest BCUT2D eigenvalue weighted by Gasteiger charge is -2.12. The van der Waals surface area contributed by atoms with Crippen molar-refractivity contribution in [2.75, 3.05) is 11.9 Å². The van der Waals surface area contributed by atoms with E-state index in [4.69, 9.17) is 0 Å². The maximum Gasteiger partial charge on any atom is 0.405 e. The highest BCUT2D eigenvalue weighted by atomic mass is 19.4. The van der Waals surface area contributed by atoms with E-state index in [2.05, 4.69) is 10.3 Å². The third kappa shape index (κ3) is 4.80. The van der Waals surface area contributed by atoms with Crippen molar-refractivity contribution < 1.29 is 22.8 Å². The molecular weight excluding hydrogens is 311 g/mol. The van der Waals surface area contributed by atoms with E-state index < -0.39 is 24.5 Å². The Balaban J connectivity index is 2.14. The van der Waals surface area contributed by atoms with Gasteiger partial charge in [-0.25, -0.2) is 0 Å². The Hall–Kier alpha value is -2.90. The number of alkyl halides is 3. The number of benzene rings is 1. The summed E-state index contributed by atoms with van der Waals surface area (Å²) in [6.07, 6.45) is -1.65. The number of hydrogen-bond donors (Lipinski definition) is 2. The van der Waals surface area contributed by atoms with Gasteiger partial charge in [0.25, 0.3) is 11.8 Å². The first-order valence-corrected chi connectivity index (χ1v) is 6.52. The van der Waals surface area contributed by atoms with Gasteiger partial charge in [-0.15, -0.1) is 0 Å². The van der Waals surface area contributed by atoms with E-state index >= 15 is 0 Å². The molecule has 120 valence electrons. The minimum Gasteiger partial charge on any atom is -0.343 e. The molecule has 0 aliphatic rings. The van der Waals surface area contributed by atoms with Crippen LogP contribution in [0.1, 0.15) is 20.7 Å². The van der Waals surface area contributed by atoms with Crippen molar-refractivity contribution in [1.29, 1.82) is 0 Å². The zero-order chi connectivity index (χ0) is 16.9. The van der Waals surface area contributed by atoms with E-state index in [1.165, 1.54) is 42.7 Å². The van der Waals surface area contributed by atoms with E-state index in [1.807, 2.05) is 0 Å². The van der Waals surface area contributed by atoms with Gasteiger partial charge in [0, 0.05) is 18.0 Å². The Bertz CT molecular complexity index is 703. The van der Waals surface area contributed by atoms with Crippen LogP contribution in [0, 0.1) is 0 Å². The average Bonchev–Trinajstić information content (AvgIpc) is 2.53. The number of carbonyl (C=O) groups excluding carboxylic acids is 2. The van der Waals surface area contributed by atoms with Crippen LogP contribution in [-0.4, -0.2) is 29.5 Å². The standard InChI is InChI=1S/C15H12F3N3O2/c16-15(17,18)9-20-14(23)11-3-1-2-4-12(11)21-13(22)10-5-7-19-8-6-10/h1-8H,9H2,(H,20,23)(H,21,22). The Morgan fingerprint density at radius 2 is 1.65 bits per heavy atom. The number of pyridine rings is 1. The van der Waals surface area contributed by atoms with Crippen LogP contribution >= 0.6 is 0 Å². The Morgan fingerprint density at radius 3 is 2.30 bits per heavy atom. The van der Waals surface area contributed by atoms with Crippen molar-refractivity contribution >= 4 is 17.5 Å². The molecule has 1 aromatic carbocycles. The molecule has 1 heterocycles. The van der Waals surface area contributed by atoms with Crippen LogP contribution in [-0.2, 0) is 0 Å². The molecule has 0 radical (unpaired) electrons. The van der Waals surface area contributed by atoms with E-state index in [0.717, 1.165) is 0 Å². The van der Waals surface area contributed by atoms with Gasteiger partial charge in [-0.1, -0.05) is 12.1 Å². The zero-order valence-corrected chi connectivity index (χ0v) is 11.7. The maximum atomic E-state index is 12.2. The maximum absolute atomic E-state index is 12.2. The summed E-state index contributed by atoms with van der Waals surface area (Å²) in [7, 11) is 0. The number of anilines is 1. The molecule has 0 unspecified atom stereocenters.